The van der Waals surface area contributed by atoms with Crippen molar-refractivity contribution in [2.75, 3.05) is 13.2 Å². The van der Waals surface area contributed by atoms with Gasteiger partial charge in [0.15, 0.2) is 0 Å². The maximum absolute atomic E-state index is 12.1. The second-order valence-corrected chi connectivity index (χ2v) is 4.80. The van der Waals surface area contributed by atoms with Crippen molar-refractivity contribution in [1.29, 1.82) is 0 Å². The first-order valence-corrected chi connectivity index (χ1v) is 7.30. The number of hydrogen-bond acceptors (Lipinski definition) is 5. The summed E-state index contributed by atoms with van der Waals surface area (Å²) >= 11 is 0. The minimum Gasteiger partial charge on any atom is -0.508 e. The third kappa shape index (κ3) is 4.81. The van der Waals surface area contributed by atoms with Gasteiger partial charge in [0.1, 0.15) is 17.1 Å². The van der Waals surface area contributed by atoms with E-state index in [0.717, 1.165) is 5.56 Å². The molecule has 1 aromatic carbocycles. The monoisotopic (exact) mass is 314 g/mol. The number of carbonyl (C=O) groups is 2. The van der Waals surface area contributed by atoms with E-state index in [1.54, 1.807) is 43.3 Å². The van der Waals surface area contributed by atoms with E-state index in [0.29, 0.717) is 13.0 Å². The fraction of sp³-hybridized carbons (Fsp3) is 0.235. The van der Waals surface area contributed by atoms with Gasteiger partial charge in [-0.1, -0.05) is 18.2 Å². The highest BCUT2D eigenvalue weighted by Gasteiger charge is 2.12. The summed E-state index contributed by atoms with van der Waals surface area (Å²) in [5.41, 5.74) is 1.27. The van der Waals surface area contributed by atoms with Crippen molar-refractivity contribution in [3.8, 4) is 5.75 Å². The number of aromatic nitrogens is 1. The van der Waals surface area contributed by atoms with Crippen LogP contribution in [-0.4, -0.2) is 35.1 Å². The zero-order valence-electron chi connectivity index (χ0n) is 12.8. The predicted octanol–water partition coefficient (Wildman–Crippen LogP) is 1.94. The molecule has 0 fully saturated rings. The van der Waals surface area contributed by atoms with Gasteiger partial charge in [0.05, 0.1) is 6.61 Å². The number of phenolic OH excluding ortho intramolecular Hbond substituents is 1. The average Bonchev–Trinajstić information content (AvgIpc) is 2.57. The second kappa shape index (κ2) is 7.93. The Balaban J connectivity index is 1.91. The molecule has 1 amide bonds. The van der Waals surface area contributed by atoms with Crippen molar-refractivity contribution >= 4 is 11.9 Å². The number of ether oxygens (including phenoxy) is 1. The van der Waals surface area contributed by atoms with E-state index in [-0.39, 0.29) is 29.7 Å². The molecule has 120 valence electrons. The van der Waals surface area contributed by atoms with Gasteiger partial charge in [-0.3, -0.25) is 4.79 Å². The summed E-state index contributed by atoms with van der Waals surface area (Å²) in [6.45, 7) is 2.39. The molecule has 6 nitrogen and oxygen atoms in total. The zero-order chi connectivity index (χ0) is 16.7. The highest BCUT2D eigenvalue weighted by Crippen LogP contribution is 2.09. The van der Waals surface area contributed by atoms with Gasteiger partial charge in [0.25, 0.3) is 5.91 Å². The molecule has 0 aliphatic rings. The topological polar surface area (TPSA) is 88.5 Å². The molecule has 0 atom stereocenters. The Bertz CT molecular complexity index is 683. The molecule has 1 heterocycles. The number of nitrogens with one attached hydrogen (secondary N) is 1. The number of pyridine rings is 1. The summed E-state index contributed by atoms with van der Waals surface area (Å²) in [6, 6.07) is 11.4. The number of esters is 1. The highest BCUT2D eigenvalue weighted by molar-refractivity contribution is 5.94. The van der Waals surface area contributed by atoms with Gasteiger partial charge in [-0.15, -0.1) is 0 Å². The highest BCUT2D eigenvalue weighted by atomic mass is 16.5. The van der Waals surface area contributed by atoms with Crippen LogP contribution in [0.2, 0.25) is 0 Å². The van der Waals surface area contributed by atoms with Crippen LogP contribution in [0, 0.1) is 0 Å². The molecule has 2 N–H and O–H groups in total. The van der Waals surface area contributed by atoms with E-state index < -0.39 is 5.97 Å². The van der Waals surface area contributed by atoms with Crippen molar-refractivity contribution in [2.24, 2.45) is 0 Å². The van der Waals surface area contributed by atoms with Gasteiger partial charge < -0.3 is 15.2 Å². The van der Waals surface area contributed by atoms with Crippen LogP contribution in [-0.2, 0) is 11.2 Å². The predicted molar refractivity (Wildman–Crippen MR) is 84.3 cm³/mol. The molecule has 0 radical (unpaired) electrons. The lowest BCUT2D eigenvalue weighted by Gasteiger charge is -2.06. The van der Waals surface area contributed by atoms with Crippen LogP contribution in [0.1, 0.15) is 33.5 Å². The lowest BCUT2D eigenvalue weighted by atomic mass is 10.1. The summed E-state index contributed by atoms with van der Waals surface area (Å²) in [5.74, 6) is -0.695. The van der Waals surface area contributed by atoms with E-state index in [1.807, 2.05) is 0 Å². The second-order valence-electron chi connectivity index (χ2n) is 4.80. The molecule has 0 bridgehead atoms. The quantitative estimate of drug-likeness (QED) is 0.795. The molecule has 2 aromatic rings. The Morgan fingerprint density at radius 3 is 2.52 bits per heavy atom. The molecule has 1 aromatic heterocycles. The average molecular weight is 314 g/mol. The van der Waals surface area contributed by atoms with Gasteiger partial charge in [0, 0.05) is 6.54 Å². The van der Waals surface area contributed by atoms with Crippen LogP contribution >= 0.6 is 0 Å². The smallest absolute Gasteiger partial charge is 0.356 e. The number of carbonyl (C=O) groups excluding carboxylic acids is 2. The molecule has 0 aliphatic carbocycles. The standard InChI is InChI=1S/C17H18N2O4/c1-2-23-17(22)15-5-3-4-14(19-15)16(21)18-11-10-12-6-8-13(20)9-7-12/h3-9,20H,2,10-11H2,1H3,(H,18,21). The van der Waals surface area contributed by atoms with E-state index in [1.165, 1.54) is 6.07 Å². The number of nitrogens with zero attached hydrogens (tertiary/aromatic N) is 1. The molecular formula is C17H18N2O4. The first-order chi connectivity index (χ1) is 11.1. The van der Waals surface area contributed by atoms with Crippen molar-refractivity contribution in [3.05, 3.63) is 59.4 Å². The van der Waals surface area contributed by atoms with Gasteiger partial charge in [0.2, 0.25) is 0 Å². The van der Waals surface area contributed by atoms with Crippen LogP contribution in [0.25, 0.3) is 0 Å². The number of aromatic hydroxyl groups is 1. The molecule has 6 heteroatoms. The number of benzene rings is 1. The number of amides is 1. The molecule has 0 saturated heterocycles. The van der Waals surface area contributed by atoms with Crippen molar-refractivity contribution in [2.45, 2.75) is 13.3 Å². The van der Waals surface area contributed by atoms with Crippen LogP contribution in [0.15, 0.2) is 42.5 Å². The maximum atomic E-state index is 12.1. The van der Waals surface area contributed by atoms with Gasteiger partial charge in [-0.05, 0) is 43.2 Å². The third-order valence-corrected chi connectivity index (χ3v) is 3.10. The van der Waals surface area contributed by atoms with Crippen LogP contribution in [0.4, 0.5) is 0 Å². The Hall–Kier alpha value is -2.89. The summed E-state index contributed by atoms with van der Waals surface area (Å²) in [6.07, 6.45) is 0.629. The normalized spacial score (nSPS) is 10.1. The maximum Gasteiger partial charge on any atom is 0.356 e. The van der Waals surface area contributed by atoms with Crippen LogP contribution in [0.3, 0.4) is 0 Å². The lowest BCUT2D eigenvalue weighted by molar-refractivity contribution is 0.0519. The van der Waals surface area contributed by atoms with Crippen LogP contribution < -0.4 is 5.32 Å². The Morgan fingerprint density at radius 1 is 1.13 bits per heavy atom. The van der Waals surface area contributed by atoms with E-state index in [9.17, 15) is 14.7 Å². The molecule has 0 unspecified atom stereocenters. The van der Waals surface area contributed by atoms with Gasteiger partial charge in [-0.2, -0.15) is 0 Å². The molecule has 0 spiro atoms. The van der Waals surface area contributed by atoms with Crippen molar-refractivity contribution in [1.82, 2.24) is 10.3 Å². The fourth-order valence-corrected chi connectivity index (χ4v) is 1.95. The molecule has 23 heavy (non-hydrogen) atoms. The number of hydrogen-bond donors (Lipinski definition) is 2. The molecular weight excluding hydrogens is 296 g/mol. The Labute approximate surface area is 134 Å². The molecule has 0 saturated carbocycles. The third-order valence-electron chi connectivity index (χ3n) is 3.10. The minimum atomic E-state index is -0.550. The molecule has 0 aliphatic heterocycles. The summed E-state index contributed by atoms with van der Waals surface area (Å²) < 4.78 is 4.86. The summed E-state index contributed by atoms with van der Waals surface area (Å²) in [7, 11) is 0. The van der Waals surface area contributed by atoms with E-state index >= 15 is 0 Å². The van der Waals surface area contributed by atoms with Crippen molar-refractivity contribution in [3.63, 3.8) is 0 Å². The van der Waals surface area contributed by atoms with Gasteiger partial charge >= 0.3 is 5.97 Å². The molecule has 2 rings (SSSR count). The lowest BCUT2D eigenvalue weighted by Crippen LogP contribution is -2.27. The fourth-order valence-electron chi connectivity index (χ4n) is 1.95. The van der Waals surface area contributed by atoms with E-state index in [4.69, 9.17) is 4.74 Å². The first-order valence-electron chi connectivity index (χ1n) is 7.30. The number of rotatable bonds is 6. The summed E-state index contributed by atoms with van der Waals surface area (Å²) in [4.78, 5) is 27.7. The Kier molecular flexibility index (Phi) is 5.68. The first kappa shape index (κ1) is 16.5. The van der Waals surface area contributed by atoms with E-state index in [2.05, 4.69) is 10.3 Å². The van der Waals surface area contributed by atoms with Crippen LogP contribution in [0.5, 0.6) is 5.75 Å². The largest absolute Gasteiger partial charge is 0.508 e. The summed E-state index contributed by atoms with van der Waals surface area (Å²) in [5, 5.41) is 12.0. The SMILES string of the molecule is CCOC(=O)c1cccc(C(=O)NCCc2ccc(O)cc2)n1. The minimum absolute atomic E-state index is 0.109. The van der Waals surface area contributed by atoms with Gasteiger partial charge in [-0.25, -0.2) is 9.78 Å². The van der Waals surface area contributed by atoms with Crippen molar-refractivity contribution < 1.29 is 19.4 Å². The Morgan fingerprint density at radius 2 is 1.83 bits per heavy atom. The zero-order valence-corrected chi connectivity index (χ0v) is 12.8. The number of phenols is 1.